The van der Waals surface area contributed by atoms with Crippen molar-refractivity contribution in [1.29, 1.82) is 0 Å². The third-order valence-corrected chi connectivity index (χ3v) is 7.01. The zero-order valence-corrected chi connectivity index (χ0v) is 22.1. The van der Waals surface area contributed by atoms with Crippen LogP contribution in [0.5, 0.6) is 0 Å². The number of unbranched alkanes of at least 4 members (excludes halogenated alkanes) is 19. The molecule has 1 unspecified atom stereocenters. The van der Waals surface area contributed by atoms with Crippen molar-refractivity contribution in [2.45, 2.75) is 174 Å². The minimum atomic E-state index is 0.314. The van der Waals surface area contributed by atoms with Crippen molar-refractivity contribution in [3.63, 3.8) is 0 Å². The smallest absolute Gasteiger partial charge is 0.135 e. The first kappa shape index (κ1) is 31.3. The van der Waals surface area contributed by atoms with Crippen LogP contribution < -0.4 is 0 Å². The van der Waals surface area contributed by atoms with E-state index in [1.165, 1.54) is 116 Å². The lowest BCUT2D eigenvalue weighted by Crippen LogP contribution is -2.14. The number of ketones is 1. The van der Waals surface area contributed by atoms with Crippen LogP contribution in [0.3, 0.4) is 0 Å². The second kappa shape index (κ2) is 26.6. The average Bonchev–Trinajstić information content (AvgIpc) is 2.80. The van der Waals surface area contributed by atoms with Crippen LogP contribution in [-0.4, -0.2) is 12.1 Å². The number of carbonyl (C=O) groups is 2. The summed E-state index contributed by atoms with van der Waals surface area (Å²) in [6.07, 6.45) is 31.9. The summed E-state index contributed by atoms with van der Waals surface area (Å²) in [5.74, 6) is 0.860. The number of Topliss-reactive ketones (excluding diaryl/α,β-unsaturated/α-hetero) is 1. The number of aldehydes is 1. The van der Waals surface area contributed by atoms with E-state index < -0.39 is 0 Å². The van der Waals surface area contributed by atoms with Gasteiger partial charge in [-0.3, -0.25) is 4.79 Å². The molecule has 0 amide bonds. The van der Waals surface area contributed by atoms with Gasteiger partial charge in [-0.15, -0.1) is 0 Å². The summed E-state index contributed by atoms with van der Waals surface area (Å²) in [5.41, 5.74) is 0. The SMILES string of the molecule is CCCCCCCCCCCCCCCC(=O)C(CCCCC)CCCCCCCC=O. The maximum atomic E-state index is 12.8. The summed E-state index contributed by atoms with van der Waals surface area (Å²) in [7, 11) is 0. The minimum absolute atomic E-state index is 0.314. The topological polar surface area (TPSA) is 34.1 Å². The quantitative estimate of drug-likeness (QED) is 0.0921. The van der Waals surface area contributed by atoms with E-state index in [1.807, 2.05) is 0 Å². The minimum Gasteiger partial charge on any atom is -0.303 e. The van der Waals surface area contributed by atoms with Gasteiger partial charge in [0.05, 0.1) is 0 Å². The molecule has 0 aliphatic rings. The van der Waals surface area contributed by atoms with Crippen molar-refractivity contribution < 1.29 is 9.59 Å². The van der Waals surface area contributed by atoms with Crippen LogP contribution in [0, 0.1) is 5.92 Å². The zero-order valence-electron chi connectivity index (χ0n) is 22.1. The fraction of sp³-hybridized carbons (Fsp3) is 0.933. The molecule has 0 saturated carbocycles. The molecule has 0 heterocycles. The van der Waals surface area contributed by atoms with E-state index in [-0.39, 0.29) is 0 Å². The monoisotopic (exact) mass is 450 g/mol. The van der Waals surface area contributed by atoms with Crippen molar-refractivity contribution in [1.82, 2.24) is 0 Å². The van der Waals surface area contributed by atoms with Gasteiger partial charge in [0.2, 0.25) is 0 Å². The van der Waals surface area contributed by atoms with Crippen LogP contribution in [0.2, 0.25) is 0 Å². The van der Waals surface area contributed by atoms with Gasteiger partial charge in [-0.25, -0.2) is 0 Å². The van der Waals surface area contributed by atoms with Crippen LogP contribution in [0.25, 0.3) is 0 Å². The summed E-state index contributed by atoms with van der Waals surface area (Å²) in [5, 5.41) is 0. The van der Waals surface area contributed by atoms with E-state index in [1.54, 1.807) is 0 Å². The van der Waals surface area contributed by atoms with Gasteiger partial charge in [0.15, 0.2) is 0 Å². The molecule has 0 N–H and O–H groups in total. The third-order valence-electron chi connectivity index (χ3n) is 7.01. The number of hydrogen-bond donors (Lipinski definition) is 0. The predicted octanol–water partition coefficient (Wildman–Crippen LogP) is 10.2. The van der Waals surface area contributed by atoms with Gasteiger partial charge in [0.25, 0.3) is 0 Å². The first-order valence-corrected chi connectivity index (χ1v) is 14.7. The lowest BCUT2D eigenvalue weighted by atomic mass is 9.88. The van der Waals surface area contributed by atoms with Crippen molar-refractivity contribution in [3.8, 4) is 0 Å². The van der Waals surface area contributed by atoms with Crippen LogP contribution in [0.1, 0.15) is 174 Å². The summed E-state index contributed by atoms with van der Waals surface area (Å²) in [6.45, 7) is 4.52. The Morgan fingerprint density at radius 1 is 0.531 bits per heavy atom. The molecule has 0 radical (unpaired) electrons. The average molecular weight is 451 g/mol. The first-order chi connectivity index (χ1) is 15.8. The number of carbonyl (C=O) groups excluding carboxylic acids is 2. The van der Waals surface area contributed by atoms with E-state index in [0.29, 0.717) is 18.1 Å². The fourth-order valence-electron chi connectivity index (χ4n) is 4.78. The molecule has 32 heavy (non-hydrogen) atoms. The molecule has 0 aromatic heterocycles. The highest BCUT2D eigenvalue weighted by Gasteiger charge is 2.17. The van der Waals surface area contributed by atoms with Gasteiger partial charge in [0.1, 0.15) is 12.1 Å². The molecule has 0 aromatic rings. The first-order valence-electron chi connectivity index (χ1n) is 14.7. The molecule has 0 fully saturated rings. The highest BCUT2D eigenvalue weighted by Crippen LogP contribution is 2.22. The lowest BCUT2D eigenvalue weighted by molar-refractivity contribution is -0.123. The van der Waals surface area contributed by atoms with E-state index >= 15 is 0 Å². The lowest BCUT2D eigenvalue weighted by Gasteiger charge is -2.16. The van der Waals surface area contributed by atoms with Gasteiger partial charge < -0.3 is 4.79 Å². The summed E-state index contributed by atoms with van der Waals surface area (Å²) in [4.78, 5) is 23.2. The van der Waals surface area contributed by atoms with Gasteiger partial charge in [-0.1, -0.05) is 136 Å². The summed E-state index contributed by atoms with van der Waals surface area (Å²) >= 11 is 0. The van der Waals surface area contributed by atoms with Crippen LogP contribution in [-0.2, 0) is 9.59 Å². The molecule has 0 spiro atoms. The normalized spacial score (nSPS) is 12.2. The molecule has 1 atom stereocenters. The molecular formula is C30H58O2. The van der Waals surface area contributed by atoms with Crippen molar-refractivity contribution in [3.05, 3.63) is 0 Å². The van der Waals surface area contributed by atoms with Gasteiger partial charge in [0, 0.05) is 18.8 Å². The predicted molar refractivity (Wildman–Crippen MR) is 141 cm³/mol. The molecule has 0 aliphatic carbocycles. The molecule has 0 rings (SSSR count). The Labute approximate surface area is 202 Å². The Bertz CT molecular complexity index is 390. The Morgan fingerprint density at radius 3 is 1.41 bits per heavy atom. The van der Waals surface area contributed by atoms with Gasteiger partial charge in [-0.05, 0) is 25.7 Å². The largest absolute Gasteiger partial charge is 0.303 e. The maximum absolute atomic E-state index is 12.8. The highest BCUT2D eigenvalue weighted by atomic mass is 16.1. The van der Waals surface area contributed by atoms with E-state index in [9.17, 15) is 9.59 Å². The second-order valence-corrected chi connectivity index (χ2v) is 10.2. The molecule has 2 nitrogen and oxygen atoms in total. The molecule has 0 saturated heterocycles. The van der Waals surface area contributed by atoms with Crippen LogP contribution in [0.4, 0.5) is 0 Å². The van der Waals surface area contributed by atoms with Crippen LogP contribution >= 0.6 is 0 Å². The molecular weight excluding hydrogens is 392 g/mol. The third kappa shape index (κ3) is 22.5. The Kier molecular flexibility index (Phi) is 26.0. The maximum Gasteiger partial charge on any atom is 0.135 e. The zero-order chi connectivity index (χ0) is 23.5. The van der Waals surface area contributed by atoms with Crippen molar-refractivity contribution in [2.75, 3.05) is 0 Å². The van der Waals surface area contributed by atoms with Crippen molar-refractivity contribution >= 4 is 12.1 Å². The standard InChI is InChI=1S/C30H58O2/c1-3-5-7-8-9-10-11-12-13-14-15-19-23-27-30(32)29(25-21-6-4-2)26-22-18-16-17-20-24-28-31/h28-29H,3-27H2,1-2H3. The molecule has 2 heteroatoms. The molecule has 190 valence electrons. The van der Waals surface area contributed by atoms with E-state index in [2.05, 4.69) is 13.8 Å². The molecule has 0 aliphatic heterocycles. The number of rotatable bonds is 27. The Hall–Kier alpha value is -0.660. The molecule has 0 aromatic carbocycles. The Morgan fingerprint density at radius 2 is 0.906 bits per heavy atom. The van der Waals surface area contributed by atoms with Crippen molar-refractivity contribution in [2.24, 2.45) is 5.92 Å². The van der Waals surface area contributed by atoms with E-state index in [0.717, 1.165) is 44.8 Å². The Balaban J connectivity index is 3.74. The summed E-state index contributed by atoms with van der Waals surface area (Å²) < 4.78 is 0. The fourth-order valence-corrected chi connectivity index (χ4v) is 4.78. The molecule has 0 bridgehead atoms. The summed E-state index contributed by atoms with van der Waals surface area (Å²) in [6, 6.07) is 0. The highest BCUT2D eigenvalue weighted by molar-refractivity contribution is 5.80. The van der Waals surface area contributed by atoms with Gasteiger partial charge >= 0.3 is 0 Å². The van der Waals surface area contributed by atoms with E-state index in [4.69, 9.17) is 0 Å². The second-order valence-electron chi connectivity index (χ2n) is 10.2. The van der Waals surface area contributed by atoms with Gasteiger partial charge in [-0.2, -0.15) is 0 Å². The van der Waals surface area contributed by atoms with Crippen LogP contribution in [0.15, 0.2) is 0 Å². The number of hydrogen-bond acceptors (Lipinski definition) is 2.